The number of fused-ring (bicyclic) bond motifs is 3. The Bertz CT molecular complexity index is 1100. The summed E-state index contributed by atoms with van der Waals surface area (Å²) in [5, 5.41) is 27.5. The molecule has 13 heteroatoms. The highest BCUT2D eigenvalue weighted by Gasteiger charge is 2.41. The van der Waals surface area contributed by atoms with Gasteiger partial charge in [0.2, 0.25) is 0 Å². The van der Waals surface area contributed by atoms with Gasteiger partial charge in [0.05, 0.1) is 30.0 Å². The Labute approximate surface area is 283 Å². The third-order valence-corrected chi connectivity index (χ3v) is 9.25. The lowest BCUT2D eigenvalue weighted by Crippen LogP contribution is -2.56. The smallest absolute Gasteiger partial charge is 0.151 e. The average molecular weight is 686 g/mol. The van der Waals surface area contributed by atoms with E-state index in [4.69, 9.17) is 21.1 Å². The van der Waals surface area contributed by atoms with Crippen LogP contribution in [0.2, 0.25) is 0 Å². The molecule has 1 aromatic rings. The minimum absolute atomic E-state index is 0.0481. The summed E-state index contributed by atoms with van der Waals surface area (Å²) in [4.78, 5) is 10.6. The number of rotatable bonds is 4. The zero-order valence-electron chi connectivity index (χ0n) is 28.4. The highest BCUT2D eigenvalue weighted by atomic mass is 32.2. The summed E-state index contributed by atoms with van der Waals surface area (Å²) < 4.78 is 37.0. The number of hydrogen-bond acceptors (Lipinski definition) is 11. The topological polar surface area (TPSA) is 155 Å². The number of nitrogens with two attached hydrogens (primary N) is 2. The van der Waals surface area contributed by atoms with Crippen LogP contribution in [0.1, 0.15) is 59.8 Å². The van der Waals surface area contributed by atoms with Crippen molar-refractivity contribution < 1.29 is 33.3 Å². The first-order valence-corrected chi connectivity index (χ1v) is 17.6. The minimum atomic E-state index is -0.736. The van der Waals surface area contributed by atoms with Gasteiger partial charge in [0.1, 0.15) is 23.6 Å². The van der Waals surface area contributed by atoms with Gasteiger partial charge in [-0.3, -0.25) is 5.01 Å². The molecule has 1 aromatic carbocycles. The first kappa shape index (κ1) is 41.1. The Morgan fingerprint density at radius 2 is 1.89 bits per heavy atom. The molecule has 0 radical (unpaired) electrons. The molecule has 9 unspecified atom stereocenters. The fourth-order valence-corrected chi connectivity index (χ4v) is 6.79. The summed E-state index contributed by atoms with van der Waals surface area (Å²) in [6, 6.07) is 3.12. The Balaban J connectivity index is 0.000000237. The van der Waals surface area contributed by atoms with E-state index in [1.54, 1.807) is 11.8 Å². The summed E-state index contributed by atoms with van der Waals surface area (Å²) in [5.41, 5.74) is 4.89. The molecule has 4 heterocycles. The lowest BCUT2D eigenvalue weighted by atomic mass is 9.89. The van der Waals surface area contributed by atoms with Crippen molar-refractivity contribution in [3.8, 4) is 0 Å². The molecule has 3 fully saturated rings. The van der Waals surface area contributed by atoms with Crippen LogP contribution >= 0.6 is 11.8 Å². The van der Waals surface area contributed by atoms with E-state index >= 15 is 0 Å². The van der Waals surface area contributed by atoms with Gasteiger partial charge in [0.25, 0.3) is 0 Å². The van der Waals surface area contributed by atoms with Crippen LogP contribution < -0.4 is 27.2 Å². The van der Waals surface area contributed by atoms with E-state index in [-0.39, 0.29) is 35.4 Å². The SMILES string of the molecule is CC(C)C.CNC1C(C)/C=C\CCSC2OC1C(O)CC2O.N/C=C\N(N)c1ccc(F)cc1F.O=CC1NCC2CCCCOC21. The van der Waals surface area contributed by atoms with E-state index < -0.39 is 23.8 Å². The molecule has 0 aromatic heterocycles. The Morgan fingerprint density at radius 3 is 2.53 bits per heavy atom. The van der Waals surface area contributed by atoms with Crippen LogP contribution in [0.5, 0.6) is 0 Å². The molecule has 3 saturated heterocycles. The molecule has 9 atom stereocenters. The van der Waals surface area contributed by atoms with Crippen molar-refractivity contribution in [3.05, 3.63) is 54.4 Å². The maximum absolute atomic E-state index is 13.0. The number of carbonyl (C=O) groups excluding carboxylic acids is 1. The van der Waals surface area contributed by atoms with Crippen LogP contribution in [0, 0.1) is 29.4 Å². The number of likely N-dealkylation sites (N-methyl/N-ethyl adjacent to an activating group) is 1. The summed E-state index contributed by atoms with van der Waals surface area (Å²) in [6.45, 7) is 10.4. The van der Waals surface area contributed by atoms with Crippen LogP contribution in [0.3, 0.4) is 0 Å². The molecule has 47 heavy (non-hydrogen) atoms. The zero-order chi connectivity index (χ0) is 34.9. The van der Waals surface area contributed by atoms with E-state index in [1.807, 2.05) is 7.05 Å². The summed E-state index contributed by atoms with van der Waals surface area (Å²) in [7, 11) is 1.89. The second kappa shape index (κ2) is 21.8. The van der Waals surface area contributed by atoms with Crippen LogP contribution in [0.15, 0.2) is 42.8 Å². The number of hydrogen-bond donors (Lipinski definition) is 6. The molecule has 0 saturated carbocycles. The van der Waals surface area contributed by atoms with Crippen molar-refractivity contribution >= 4 is 23.7 Å². The molecule has 0 amide bonds. The van der Waals surface area contributed by atoms with E-state index in [1.165, 1.54) is 25.1 Å². The highest BCUT2D eigenvalue weighted by molar-refractivity contribution is 7.99. The first-order valence-electron chi connectivity index (χ1n) is 16.6. The van der Waals surface area contributed by atoms with Crippen LogP contribution in [0.4, 0.5) is 14.5 Å². The average Bonchev–Trinajstić information content (AvgIpc) is 3.25. The second-order valence-electron chi connectivity index (χ2n) is 12.8. The first-order chi connectivity index (χ1) is 22.4. The number of nitrogens with one attached hydrogen (secondary N) is 2. The van der Waals surface area contributed by atoms with E-state index in [0.29, 0.717) is 18.3 Å². The van der Waals surface area contributed by atoms with Crippen molar-refractivity contribution in [1.29, 1.82) is 0 Å². The van der Waals surface area contributed by atoms with Gasteiger partial charge in [-0.1, -0.05) is 46.3 Å². The summed E-state index contributed by atoms with van der Waals surface area (Å²) in [6.07, 6.45) is 11.5. The maximum Gasteiger partial charge on any atom is 0.151 e. The molecular weight excluding hydrogens is 628 g/mol. The molecule has 10 nitrogen and oxygen atoms in total. The fraction of sp³-hybridized carbons (Fsp3) is 0.676. The highest BCUT2D eigenvalue weighted by Crippen LogP contribution is 2.32. The van der Waals surface area contributed by atoms with Gasteiger partial charge in [0.15, 0.2) is 5.82 Å². The number of carbonyl (C=O) groups is 1. The third kappa shape index (κ3) is 13.7. The normalized spacial score (nSPS) is 32.6. The number of nitrogens with zero attached hydrogens (tertiary/aromatic N) is 1. The van der Waals surface area contributed by atoms with Crippen molar-refractivity contribution in [3.63, 3.8) is 0 Å². The molecule has 8 N–H and O–H groups in total. The van der Waals surface area contributed by atoms with Crippen molar-refractivity contribution in [1.82, 2.24) is 10.6 Å². The molecule has 4 aliphatic rings. The van der Waals surface area contributed by atoms with Gasteiger partial charge < -0.3 is 40.8 Å². The number of aliphatic hydroxyl groups is 2. The summed E-state index contributed by atoms with van der Waals surface area (Å²) >= 11 is 1.64. The Morgan fingerprint density at radius 1 is 1.17 bits per heavy atom. The predicted molar refractivity (Wildman–Crippen MR) is 185 cm³/mol. The lowest BCUT2D eigenvalue weighted by molar-refractivity contribution is -0.150. The van der Waals surface area contributed by atoms with Crippen LogP contribution in [-0.4, -0.2) is 84.4 Å². The largest absolute Gasteiger partial charge is 0.403 e. The molecule has 5 rings (SSSR count). The maximum atomic E-state index is 13.0. The van der Waals surface area contributed by atoms with Gasteiger partial charge in [-0.15, -0.1) is 11.8 Å². The van der Waals surface area contributed by atoms with Crippen LogP contribution in [0.25, 0.3) is 0 Å². The molecule has 0 spiro atoms. The lowest BCUT2D eigenvalue weighted by Gasteiger charge is -2.42. The molecule has 4 aliphatic heterocycles. The number of aliphatic hydroxyl groups excluding tert-OH is 2. The standard InChI is InChI=1S/C13H23NO3S.C9H15NO2.C8H9F2N3.C4H10/c1-8-5-3-4-6-18-13-10(16)7-9(15)12(17-13)11(8)14-2;11-6-8-9-7(5-10-8)3-1-2-4-12-9;9-6-1-2-8(7(10)5-6)13(12)4-3-11;1-4(2)3/h3,5,8-16H,4,6-7H2,1-2H3;6-10H,1-5H2;1-5H,11-12H2;4H,1-3H3/b5-3-;;4-3-;. The number of benzene rings is 1. The quantitative estimate of drug-likeness (QED) is 0.119. The monoisotopic (exact) mass is 685 g/mol. The van der Waals surface area contributed by atoms with Crippen molar-refractivity contribution in [2.45, 2.75) is 102 Å². The van der Waals surface area contributed by atoms with Gasteiger partial charge in [-0.2, -0.15) is 0 Å². The molecule has 268 valence electrons. The van der Waals surface area contributed by atoms with E-state index in [0.717, 1.165) is 67.3 Å². The number of allylic oxidation sites excluding steroid dienone is 1. The molecular formula is C34H57F2N5O5S. The Kier molecular flexibility index (Phi) is 19.0. The van der Waals surface area contributed by atoms with Gasteiger partial charge in [0, 0.05) is 44.1 Å². The number of hydrazine groups is 1. The number of thioether (sulfide) groups is 1. The molecule has 2 bridgehead atoms. The number of ether oxygens (including phenoxy) is 2. The Hall–Kier alpha value is -2.10. The van der Waals surface area contributed by atoms with Gasteiger partial charge in [-0.05, 0) is 61.9 Å². The molecule has 0 aliphatic carbocycles. The summed E-state index contributed by atoms with van der Waals surface area (Å²) in [5.74, 6) is 6.63. The van der Waals surface area contributed by atoms with Gasteiger partial charge in [-0.25, -0.2) is 14.6 Å². The number of halogens is 2. The third-order valence-electron chi connectivity index (χ3n) is 8.02. The number of anilines is 1. The van der Waals surface area contributed by atoms with Crippen molar-refractivity contribution in [2.75, 3.05) is 31.0 Å². The fourth-order valence-electron chi connectivity index (χ4n) is 5.75. The number of aldehydes is 1. The zero-order valence-corrected chi connectivity index (χ0v) is 29.3. The predicted octanol–water partition coefficient (Wildman–Crippen LogP) is 3.82. The van der Waals surface area contributed by atoms with Crippen molar-refractivity contribution in [2.24, 2.45) is 29.3 Å². The van der Waals surface area contributed by atoms with E-state index in [2.05, 4.69) is 50.5 Å². The van der Waals surface area contributed by atoms with Crippen LogP contribution in [-0.2, 0) is 14.3 Å². The minimum Gasteiger partial charge on any atom is -0.403 e. The second-order valence-corrected chi connectivity index (χ2v) is 14.0. The van der Waals surface area contributed by atoms with Gasteiger partial charge >= 0.3 is 0 Å². The van der Waals surface area contributed by atoms with E-state index in [9.17, 15) is 23.8 Å².